The number of rotatable bonds is 6. The molecule has 0 bridgehead atoms. The Balaban J connectivity index is 1.83. The van der Waals surface area contributed by atoms with E-state index in [2.05, 4.69) is 16.7 Å². The number of amides is 1. The van der Waals surface area contributed by atoms with Crippen LogP contribution in [0.25, 0.3) is 0 Å². The minimum Gasteiger partial charge on any atom is -0.385 e. The maximum Gasteiger partial charge on any atom is 0.222 e. The third-order valence-electron chi connectivity index (χ3n) is 5.08. The van der Waals surface area contributed by atoms with Crippen LogP contribution in [0.2, 0.25) is 0 Å². The highest BCUT2D eigenvalue weighted by Crippen LogP contribution is 2.27. The summed E-state index contributed by atoms with van der Waals surface area (Å²) in [6.07, 6.45) is 9.15. The van der Waals surface area contributed by atoms with E-state index < -0.39 is 0 Å². The first-order valence-corrected chi connectivity index (χ1v) is 8.78. The predicted octanol–water partition coefficient (Wildman–Crippen LogP) is 2.67. The van der Waals surface area contributed by atoms with E-state index in [0.717, 1.165) is 45.4 Å². The molecule has 122 valence electrons. The molecule has 2 aliphatic heterocycles. The number of likely N-dealkylation sites (tertiary alicyclic amines) is 2. The molecule has 0 saturated carbocycles. The summed E-state index contributed by atoms with van der Waals surface area (Å²) in [5.41, 5.74) is 0. The van der Waals surface area contributed by atoms with Gasteiger partial charge in [0.2, 0.25) is 5.91 Å². The van der Waals surface area contributed by atoms with Crippen molar-refractivity contribution in [2.75, 3.05) is 33.4 Å². The molecule has 0 aromatic carbocycles. The molecule has 0 aliphatic carbocycles. The zero-order valence-electron chi connectivity index (χ0n) is 13.9. The molecule has 2 heterocycles. The minimum absolute atomic E-state index is 0.352. The van der Waals surface area contributed by atoms with Gasteiger partial charge in [-0.25, -0.2) is 0 Å². The van der Waals surface area contributed by atoms with Crippen LogP contribution in [0.3, 0.4) is 0 Å². The number of ether oxygens (including phenoxy) is 1. The van der Waals surface area contributed by atoms with Gasteiger partial charge in [0.25, 0.3) is 0 Å². The number of methoxy groups -OCH3 is 1. The molecule has 0 radical (unpaired) electrons. The molecular formula is C17H32N2O2. The monoisotopic (exact) mass is 296 g/mol. The van der Waals surface area contributed by atoms with E-state index in [1.807, 2.05) is 0 Å². The van der Waals surface area contributed by atoms with Gasteiger partial charge in [-0.15, -0.1) is 0 Å². The standard InChI is InChI=1S/C17H32N2O2/c1-3-6-17(20)18-12-8-16(9-13-18)19-11-5-4-7-15(19)10-14-21-2/h15-16H,3-14H2,1-2H3. The number of carbonyl (C=O) groups excluding carboxylic acids is 1. The number of carbonyl (C=O) groups is 1. The Bertz CT molecular complexity index is 314. The molecule has 0 aromatic rings. The van der Waals surface area contributed by atoms with Gasteiger partial charge in [-0.1, -0.05) is 13.3 Å². The predicted molar refractivity (Wildman–Crippen MR) is 85.3 cm³/mol. The Labute approximate surface area is 129 Å². The van der Waals surface area contributed by atoms with Crippen molar-refractivity contribution in [3.05, 3.63) is 0 Å². The molecule has 0 N–H and O–H groups in total. The quantitative estimate of drug-likeness (QED) is 0.755. The second kappa shape index (κ2) is 8.74. The number of hydrogen-bond donors (Lipinski definition) is 0. The van der Waals surface area contributed by atoms with Crippen LogP contribution >= 0.6 is 0 Å². The Morgan fingerprint density at radius 3 is 2.57 bits per heavy atom. The normalized spacial score (nSPS) is 25.2. The van der Waals surface area contributed by atoms with E-state index in [9.17, 15) is 4.79 Å². The molecular weight excluding hydrogens is 264 g/mol. The summed E-state index contributed by atoms with van der Waals surface area (Å²) in [6.45, 7) is 6.10. The van der Waals surface area contributed by atoms with Crippen molar-refractivity contribution >= 4 is 5.91 Å². The van der Waals surface area contributed by atoms with Crippen molar-refractivity contribution < 1.29 is 9.53 Å². The van der Waals surface area contributed by atoms with Crippen LogP contribution in [-0.4, -0.2) is 61.1 Å². The average Bonchev–Trinajstić information content (AvgIpc) is 2.53. The van der Waals surface area contributed by atoms with E-state index >= 15 is 0 Å². The minimum atomic E-state index is 0.352. The third-order valence-corrected chi connectivity index (χ3v) is 5.08. The molecule has 2 fully saturated rings. The molecule has 4 nitrogen and oxygen atoms in total. The molecule has 1 unspecified atom stereocenters. The SMILES string of the molecule is CCCC(=O)N1CCC(N2CCCCC2CCOC)CC1. The lowest BCUT2D eigenvalue weighted by molar-refractivity contribution is -0.133. The highest BCUT2D eigenvalue weighted by Gasteiger charge is 2.31. The molecule has 2 aliphatic rings. The van der Waals surface area contributed by atoms with Gasteiger partial charge >= 0.3 is 0 Å². The fourth-order valence-corrected chi connectivity index (χ4v) is 3.89. The van der Waals surface area contributed by atoms with Gasteiger partial charge in [-0.05, 0) is 45.1 Å². The van der Waals surface area contributed by atoms with Gasteiger partial charge in [-0.2, -0.15) is 0 Å². The molecule has 0 aromatic heterocycles. The Morgan fingerprint density at radius 2 is 1.90 bits per heavy atom. The molecule has 1 atom stereocenters. The lowest BCUT2D eigenvalue weighted by Crippen LogP contribution is -2.52. The first-order chi connectivity index (χ1) is 10.3. The second-order valence-corrected chi connectivity index (χ2v) is 6.53. The summed E-state index contributed by atoms with van der Waals surface area (Å²) >= 11 is 0. The van der Waals surface area contributed by atoms with Crippen molar-refractivity contribution in [3.8, 4) is 0 Å². The van der Waals surface area contributed by atoms with Gasteiger partial charge in [0.05, 0.1) is 0 Å². The molecule has 2 rings (SSSR count). The van der Waals surface area contributed by atoms with Crippen LogP contribution in [0.15, 0.2) is 0 Å². The van der Waals surface area contributed by atoms with Crippen LogP contribution in [-0.2, 0) is 9.53 Å². The summed E-state index contributed by atoms with van der Waals surface area (Å²) in [4.78, 5) is 16.8. The molecule has 1 amide bonds. The number of hydrogen-bond acceptors (Lipinski definition) is 3. The average molecular weight is 296 g/mol. The summed E-state index contributed by atoms with van der Waals surface area (Å²) in [5.74, 6) is 0.352. The van der Waals surface area contributed by atoms with Crippen molar-refractivity contribution in [2.45, 2.75) is 70.4 Å². The summed E-state index contributed by atoms with van der Waals surface area (Å²) < 4.78 is 5.28. The topological polar surface area (TPSA) is 32.8 Å². The summed E-state index contributed by atoms with van der Waals surface area (Å²) in [7, 11) is 1.80. The van der Waals surface area contributed by atoms with Gasteiger partial charge in [0, 0.05) is 45.3 Å². The second-order valence-electron chi connectivity index (χ2n) is 6.53. The van der Waals surface area contributed by atoms with Crippen molar-refractivity contribution in [1.29, 1.82) is 0 Å². The molecule has 4 heteroatoms. The molecule has 0 spiro atoms. The summed E-state index contributed by atoms with van der Waals surface area (Å²) in [5, 5.41) is 0. The maximum atomic E-state index is 12.0. The van der Waals surface area contributed by atoms with Crippen LogP contribution in [0.4, 0.5) is 0 Å². The largest absolute Gasteiger partial charge is 0.385 e. The van der Waals surface area contributed by atoms with E-state index in [1.54, 1.807) is 7.11 Å². The van der Waals surface area contributed by atoms with Gasteiger partial charge in [0.15, 0.2) is 0 Å². The highest BCUT2D eigenvalue weighted by atomic mass is 16.5. The fraction of sp³-hybridized carbons (Fsp3) is 0.941. The van der Waals surface area contributed by atoms with Gasteiger partial charge in [0.1, 0.15) is 0 Å². The van der Waals surface area contributed by atoms with Crippen molar-refractivity contribution in [1.82, 2.24) is 9.80 Å². The number of nitrogens with zero attached hydrogens (tertiary/aromatic N) is 2. The van der Waals surface area contributed by atoms with Gasteiger partial charge in [-0.3, -0.25) is 9.69 Å². The lowest BCUT2D eigenvalue weighted by atomic mass is 9.93. The Hall–Kier alpha value is -0.610. The van der Waals surface area contributed by atoms with Crippen LogP contribution in [0.1, 0.15) is 58.3 Å². The maximum absolute atomic E-state index is 12.0. The van der Waals surface area contributed by atoms with Gasteiger partial charge < -0.3 is 9.64 Å². The number of piperidine rings is 2. The van der Waals surface area contributed by atoms with Crippen LogP contribution in [0, 0.1) is 0 Å². The van der Waals surface area contributed by atoms with E-state index in [4.69, 9.17) is 4.74 Å². The van der Waals surface area contributed by atoms with E-state index in [0.29, 0.717) is 24.4 Å². The first-order valence-electron chi connectivity index (χ1n) is 8.78. The smallest absolute Gasteiger partial charge is 0.222 e. The third kappa shape index (κ3) is 4.68. The van der Waals surface area contributed by atoms with Crippen LogP contribution < -0.4 is 0 Å². The Morgan fingerprint density at radius 1 is 1.14 bits per heavy atom. The molecule has 21 heavy (non-hydrogen) atoms. The fourth-order valence-electron chi connectivity index (χ4n) is 3.89. The van der Waals surface area contributed by atoms with E-state index in [1.165, 1.54) is 25.8 Å². The lowest BCUT2D eigenvalue weighted by Gasteiger charge is -2.44. The Kier molecular flexibility index (Phi) is 6.97. The van der Waals surface area contributed by atoms with Crippen molar-refractivity contribution in [2.24, 2.45) is 0 Å². The van der Waals surface area contributed by atoms with Crippen molar-refractivity contribution in [3.63, 3.8) is 0 Å². The summed E-state index contributed by atoms with van der Waals surface area (Å²) in [6, 6.07) is 1.37. The highest BCUT2D eigenvalue weighted by molar-refractivity contribution is 5.76. The van der Waals surface area contributed by atoms with Crippen LogP contribution in [0.5, 0.6) is 0 Å². The first kappa shape index (κ1) is 16.8. The zero-order valence-corrected chi connectivity index (χ0v) is 13.9. The van der Waals surface area contributed by atoms with E-state index in [-0.39, 0.29) is 0 Å². The zero-order chi connectivity index (χ0) is 15.1. The molecule has 2 saturated heterocycles.